The van der Waals surface area contributed by atoms with Crippen molar-refractivity contribution in [3.8, 4) is 11.3 Å². The van der Waals surface area contributed by atoms with E-state index in [0.29, 0.717) is 28.1 Å². The van der Waals surface area contributed by atoms with Crippen molar-refractivity contribution in [2.24, 2.45) is 0 Å². The number of halogens is 2. The zero-order valence-corrected chi connectivity index (χ0v) is 10.9. The molecule has 0 aliphatic rings. The zero-order valence-electron chi connectivity index (χ0n) is 10.1. The molecule has 0 fully saturated rings. The summed E-state index contributed by atoms with van der Waals surface area (Å²) in [6.45, 7) is 3.59. The molecule has 2 nitrogen and oxygen atoms in total. The largest absolute Gasteiger partial charge is 0.343 e. The van der Waals surface area contributed by atoms with Gasteiger partial charge in [-0.15, -0.1) is 0 Å². The number of hydrogen-bond donors (Lipinski definition) is 1. The van der Waals surface area contributed by atoms with Crippen molar-refractivity contribution < 1.29 is 8.78 Å². The van der Waals surface area contributed by atoms with Gasteiger partial charge in [-0.05, 0) is 19.1 Å². The Hall–Kier alpha value is -1.62. The summed E-state index contributed by atoms with van der Waals surface area (Å²) in [4.78, 5) is 7.09. The molecule has 0 unspecified atom stereocenters. The van der Waals surface area contributed by atoms with Crippen LogP contribution in [0.1, 0.15) is 18.3 Å². The molecular formula is C13H12F2N2S. The summed E-state index contributed by atoms with van der Waals surface area (Å²) in [6, 6.07) is 3.78. The second kappa shape index (κ2) is 4.94. The van der Waals surface area contributed by atoms with E-state index in [-0.39, 0.29) is 5.56 Å². The summed E-state index contributed by atoms with van der Waals surface area (Å²) in [5.74, 6) is -0.614. The maximum atomic E-state index is 13.8. The van der Waals surface area contributed by atoms with Crippen LogP contribution >= 0.6 is 12.2 Å². The van der Waals surface area contributed by atoms with Crippen LogP contribution in [0.15, 0.2) is 18.2 Å². The monoisotopic (exact) mass is 266 g/mol. The highest BCUT2D eigenvalue weighted by Crippen LogP contribution is 2.27. The van der Waals surface area contributed by atoms with Gasteiger partial charge in [-0.2, -0.15) is 0 Å². The highest BCUT2D eigenvalue weighted by atomic mass is 32.1. The molecule has 2 aromatic rings. The topological polar surface area (TPSA) is 28.7 Å². The van der Waals surface area contributed by atoms with Gasteiger partial charge in [0.1, 0.15) is 22.1 Å². The number of aromatic amines is 1. The molecule has 2 rings (SSSR count). The van der Waals surface area contributed by atoms with E-state index in [4.69, 9.17) is 12.2 Å². The molecule has 94 valence electrons. The van der Waals surface area contributed by atoms with Crippen LogP contribution in [-0.2, 0) is 6.42 Å². The van der Waals surface area contributed by atoms with Gasteiger partial charge in [-0.1, -0.05) is 25.2 Å². The first kappa shape index (κ1) is 12.8. The van der Waals surface area contributed by atoms with Gasteiger partial charge in [0.05, 0.1) is 11.3 Å². The molecule has 1 aromatic carbocycles. The van der Waals surface area contributed by atoms with Gasteiger partial charge in [0.15, 0.2) is 0 Å². The van der Waals surface area contributed by atoms with Crippen molar-refractivity contribution in [2.45, 2.75) is 20.3 Å². The fraction of sp³-hybridized carbons (Fsp3) is 0.231. The lowest BCUT2D eigenvalue weighted by atomic mass is 10.1. The van der Waals surface area contributed by atoms with Gasteiger partial charge < -0.3 is 4.98 Å². The first-order valence-electron chi connectivity index (χ1n) is 5.58. The Balaban J connectivity index is 2.78. The fourth-order valence-corrected chi connectivity index (χ4v) is 1.95. The first-order valence-corrected chi connectivity index (χ1v) is 5.99. The maximum absolute atomic E-state index is 13.8. The molecule has 1 N–H and O–H groups in total. The molecule has 0 amide bonds. The number of H-pyrrole nitrogens is 1. The smallest absolute Gasteiger partial charge is 0.135 e. The number of aryl methyl sites for hydroxylation is 1. The molecule has 5 heteroatoms. The summed E-state index contributed by atoms with van der Waals surface area (Å²) < 4.78 is 27.9. The minimum Gasteiger partial charge on any atom is -0.343 e. The molecule has 0 aliphatic carbocycles. The Labute approximate surface area is 109 Å². The molecule has 0 aliphatic heterocycles. The van der Waals surface area contributed by atoms with E-state index in [0.717, 1.165) is 0 Å². The van der Waals surface area contributed by atoms with Gasteiger partial charge in [-0.25, -0.2) is 13.8 Å². The third-order valence-electron chi connectivity index (χ3n) is 2.75. The van der Waals surface area contributed by atoms with Gasteiger partial charge >= 0.3 is 0 Å². The van der Waals surface area contributed by atoms with Crippen LogP contribution in [0.5, 0.6) is 0 Å². The second-order valence-electron chi connectivity index (χ2n) is 3.94. The summed E-state index contributed by atoms with van der Waals surface area (Å²) in [5.41, 5.74) is 0.854. The van der Waals surface area contributed by atoms with Crippen molar-refractivity contribution in [1.29, 1.82) is 0 Å². The molecule has 1 aromatic heterocycles. The van der Waals surface area contributed by atoms with Crippen molar-refractivity contribution in [3.05, 3.63) is 45.9 Å². The maximum Gasteiger partial charge on any atom is 0.135 e. The summed E-state index contributed by atoms with van der Waals surface area (Å²) in [6.07, 6.45) is 0.618. The molecule has 0 saturated carbocycles. The number of nitrogens with one attached hydrogen (secondary N) is 1. The van der Waals surface area contributed by atoms with E-state index >= 15 is 0 Å². The molecule has 0 spiro atoms. The average Bonchev–Trinajstić information content (AvgIpc) is 2.33. The van der Waals surface area contributed by atoms with E-state index in [9.17, 15) is 8.78 Å². The van der Waals surface area contributed by atoms with Crippen LogP contribution < -0.4 is 0 Å². The Bertz CT molecular complexity index is 630. The molecule has 0 atom stereocenters. The van der Waals surface area contributed by atoms with Crippen molar-refractivity contribution in [2.75, 3.05) is 0 Å². The van der Waals surface area contributed by atoms with Gasteiger partial charge in [0, 0.05) is 12.0 Å². The number of rotatable bonds is 2. The van der Waals surface area contributed by atoms with Crippen LogP contribution in [-0.4, -0.2) is 9.97 Å². The minimum atomic E-state index is -0.614. The van der Waals surface area contributed by atoms with Crippen LogP contribution in [0.25, 0.3) is 11.3 Å². The van der Waals surface area contributed by atoms with E-state index in [1.807, 2.05) is 6.92 Å². The third-order valence-corrected chi connectivity index (χ3v) is 3.15. The summed E-state index contributed by atoms with van der Waals surface area (Å²) >= 11 is 5.11. The van der Waals surface area contributed by atoms with Crippen molar-refractivity contribution >= 4 is 12.2 Å². The predicted octanol–water partition coefficient (Wildman–Crippen LogP) is 3.96. The minimum absolute atomic E-state index is 0.0850. The molecule has 18 heavy (non-hydrogen) atoms. The lowest BCUT2D eigenvalue weighted by molar-refractivity contribution is 0.588. The van der Waals surface area contributed by atoms with Crippen molar-refractivity contribution in [1.82, 2.24) is 9.97 Å². The van der Waals surface area contributed by atoms with E-state index in [1.165, 1.54) is 18.2 Å². The Morgan fingerprint density at radius 1 is 1.28 bits per heavy atom. The van der Waals surface area contributed by atoms with Crippen LogP contribution in [0.2, 0.25) is 0 Å². The second-order valence-corrected chi connectivity index (χ2v) is 4.33. The number of aromatic nitrogens is 2. The molecule has 0 bridgehead atoms. The number of hydrogen-bond acceptors (Lipinski definition) is 2. The summed E-state index contributed by atoms with van der Waals surface area (Å²) in [7, 11) is 0. The molecule has 0 saturated heterocycles. The Kier molecular flexibility index (Phi) is 3.52. The first-order chi connectivity index (χ1) is 8.54. The number of benzene rings is 1. The van der Waals surface area contributed by atoms with E-state index in [1.54, 1.807) is 6.92 Å². The van der Waals surface area contributed by atoms with Gasteiger partial charge in [-0.3, -0.25) is 0 Å². The number of nitrogens with zero attached hydrogens (tertiary/aromatic N) is 1. The standard InChI is InChI=1S/C13H12F2N2S/c1-3-10-16-12(7(2)13(18)17-10)11-8(14)5-4-6-9(11)15/h4-6H,3H2,1-2H3,(H,16,17,18). The highest BCUT2D eigenvalue weighted by Gasteiger charge is 2.15. The molecule has 0 radical (unpaired) electrons. The van der Waals surface area contributed by atoms with Crippen molar-refractivity contribution in [3.63, 3.8) is 0 Å². The highest BCUT2D eigenvalue weighted by molar-refractivity contribution is 7.71. The molecular weight excluding hydrogens is 254 g/mol. The predicted molar refractivity (Wildman–Crippen MR) is 68.9 cm³/mol. The average molecular weight is 266 g/mol. The lowest BCUT2D eigenvalue weighted by Gasteiger charge is -2.10. The third kappa shape index (κ3) is 2.18. The van der Waals surface area contributed by atoms with Crippen LogP contribution in [0.3, 0.4) is 0 Å². The zero-order chi connectivity index (χ0) is 13.3. The normalized spacial score (nSPS) is 10.7. The lowest BCUT2D eigenvalue weighted by Crippen LogP contribution is -2.02. The Morgan fingerprint density at radius 3 is 2.44 bits per heavy atom. The quantitative estimate of drug-likeness (QED) is 0.834. The van der Waals surface area contributed by atoms with E-state index < -0.39 is 11.6 Å². The van der Waals surface area contributed by atoms with Crippen LogP contribution in [0, 0.1) is 23.2 Å². The SMILES string of the molecule is CCc1nc(=S)c(C)c(-c2c(F)cccc2F)[nH]1. The summed E-state index contributed by atoms with van der Waals surface area (Å²) in [5, 5.41) is 0. The van der Waals surface area contributed by atoms with Gasteiger partial charge in [0.2, 0.25) is 0 Å². The Morgan fingerprint density at radius 2 is 1.89 bits per heavy atom. The van der Waals surface area contributed by atoms with Crippen LogP contribution in [0.4, 0.5) is 8.78 Å². The van der Waals surface area contributed by atoms with Gasteiger partial charge in [0.25, 0.3) is 0 Å². The fourth-order valence-electron chi connectivity index (χ4n) is 1.73. The van der Waals surface area contributed by atoms with E-state index in [2.05, 4.69) is 9.97 Å². The molecule has 1 heterocycles.